The number of benzene rings is 1. The third-order valence-electron chi connectivity index (χ3n) is 7.64. The zero-order valence-electron chi connectivity index (χ0n) is 19.2. The van der Waals surface area contributed by atoms with Gasteiger partial charge in [0.05, 0.1) is 6.54 Å². The predicted molar refractivity (Wildman–Crippen MR) is 136 cm³/mol. The van der Waals surface area contributed by atoms with Crippen molar-refractivity contribution in [2.75, 3.05) is 13.1 Å². The Hall–Kier alpha value is -1.45. The lowest BCUT2D eigenvalue weighted by Gasteiger charge is -2.28. The monoisotopic (exact) mass is 521 g/mol. The van der Waals surface area contributed by atoms with Crippen LogP contribution >= 0.6 is 22.9 Å². The fourth-order valence-electron chi connectivity index (χ4n) is 5.82. The highest BCUT2D eigenvalue weighted by atomic mass is 35.5. The average Bonchev–Trinajstić information content (AvgIpc) is 3.53. The summed E-state index contributed by atoms with van der Waals surface area (Å²) < 4.78 is 28.6. The van der Waals surface area contributed by atoms with Gasteiger partial charge in [0.2, 0.25) is 0 Å². The Labute approximate surface area is 211 Å². The van der Waals surface area contributed by atoms with Crippen molar-refractivity contribution in [3.05, 3.63) is 51.9 Å². The fraction of sp³-hybridized carbons (Fsp3) is 0.560. The van der Waals surface area contributed by atoms with Gasteiger partial charge in [-0.3, -0.25) is 4.79 Å². The van der Waals surface area contributed by atoms with Crippen LogP contribution in [0.15, 0.2) is 40.6 Å². The van der Waals surface area contributed by atoms with Gasteiger partial charge in [-0.1, -0.05) is 18.0 Å². The molecule has 1 amide bonds. The lowest BCUT2D eigenvalue weighted by atomic mass is 9.94. The molecule has 1 unspecified atom stereocenters. The number of rotatable bonds is 7. The standard InChI is InChI=1S/C25H32ClN3O3S2/c26-20-7-5-18(6-8-20)25(30)27-16-22-9-10-24(33-22)34(31,32)29-12-1-2-21(11-13-29)28-23-15-17-3-4-19(23)14-17/h5-10,17,19,21,23,28H,1-4,11-16H2,(H,27,30)/t17-,19-,21?,23-/m1/s1. The summed E-state index contributed by atoms with van der Waals surface area (Å²) in [5.41, 5.74) is 0.520. The second-order valence-corrected chi connectivity index (χ2v) is 13.7. The van der Waals surface area contributed by atoms with Gasteiger partial charge in [-0.05, 0) is 86.8 Å². The summed E-state index contributed by atoms with van der Waals surface area (Å²) in [6.45, 7) is 1.41. The Balaban J connectivity index is 1.15. The van der Waals surface area contributed by atoms with Crippen LogP contribution in [0.25, 0.3) is 0 Å². The normalized spacial score (nSPS) is 27.6. The number of sulfonamides is 1. The van der Waals surface area contributed by atoms with Gasteiger partial charge in [0, 0.05) is 40.6 Å². The number of halogens is 1. The lowest BCUT2D eigenvalue weighted by Crippen LogP contribution is -2.42. The quantitative estimate of drug-likeness (QED) is 0.555. The van der Waals surface area contributed by atoms with E-state index in [4.69, 9.17) is 11.6 Å². The molecule has 3 aliphatic rings. The van der Waals surface area contributed by atoms with E-state index in [-0.39, 0.29) is 12.5 Å². The SMILES string of the molecule is O=C(NCc1ccc(S(=O)(=O)N2CCCC(N[C@@H]3C[C@@H]4CC[C@@H]3C4)CC2)s1)c1ccc(Cl)cc1. The van der Waals surface area contributed by atoms with Crippen LogP contribution in [0.3, 0.4) is 0 Å². The molecule has 2 N–H and O–H groups in total. The molecule has 1 aliphatic heterocycles. The van der Waals surface area contributed by atoms with Gasteiger partial charge in [0.1, 0.15) is 4.21 Å². The first kappa shape index (κ1) is 24.3. The fourth-order valence-corrected chi connectivity index (χ4v) is 8.89. The van der Waals surface area contributed by atoms with Crippen LogP contribution in [0.2, 0.25) is 5.02 Å². The van der Waals surface area contributed by atoms with Gasteiger partial charge in [0.25, 0.3) is 15.9 Å². The Morgan fingerprint density at radius 1 is 1.03 bits per heavy atom. The van der Waals surface area contributed by atoms with Crippen molar-refractivity contribution in [1.29, 1.82) is 0 Å². The van der Waals surface area contributed by atoms with Crippen molar-refractivity contribution in [3.63, 3.8) is 0 Å². The highest BCUT2D eigenvalue weighted by Gasteiger charge is 2.40. The van der Waals surface area contributed by atoms with E-state index < -0.39 is 10.0 Å². The van der Waals surface area contributed by atoms with E-state index in [1.54, 1.807) is 40.7 Å². The van der Waals surface area contributed by atoms with Gasteiger partial charge in [-0.25, -0.2) is 8.42 Å². The van der Waals surface area contributed by atoms with Gasteiger partial charge in [-0.2, -0.15) is 4.31 Å². The molecular formula is C25H32ClN3O3S2. The summed E-state index contributed by atoms with van der Waals surface area (Å²) in [4.78, 5) is 13.1. The maximum Gasteiger partial charge on any atom is 0.252 e. The van der Waals surface area contributed by atoms with Crippen molar-refractivity contribution in [2.45, 2.75) is 67.8 Å². The van der Waals surface area contributed by atoms with E-state index in [9.17, 15) is 13.2 Å². The number of carbonyl (C=O) groups excluding carboxylic acids is 1. The summed E-state index contributed by atoms with van der Waals surface area (Å²) in [6, 6.07) is 11.2. The van der Waals surface area contributed by atoms with Crippen LogP contribution in [0.1, 0.15) is 60.2 Å². The molecule has 9 heteroatoms. The molecule has 2 aliphatic carbocycles. The van der Waals surface area contributed by atoms with Crippen molar-refractivity contribution >= 4 is 38.9 Å². The molecule has 1 saturated heterocycles. The van der Waals surface area contributed by atoms with Crippen LogP contribution in [0, 0.1) is 11.8 Å². The highest BCUT2D eigenvalue weighted by molar-refractivity contribution is 7.91. The summed E-state index contributed by atoms with van der Waals surface area (Å²) in [5, 5.41) is 7.31. The zero-order chi connectivity index (χ0) is 23.7. The van der Waals surface area contributed by atoms with Crippen LogP contribution in [0.5, 0.6) is 0 Å². The Kier molecular flexibility index (Phi) is 7.32. The molecule has 0 radical (unpaired) electrons. The van der Waals surface area contributed by atoms with Crippen molar-refractivity contribution in [1.82, 2.24) is 14.9 Å². The number of carbonyl (C=O) groups is 1. The maximum absolute atomic E-state index is 13.3. The van der Waals surface area contributed by atoms with Gasteiger partial charge < -0.3 is 10.6 Å². The number of nitrogens with zero attached hydrogens (tertiary/aromatic N) is 1. The third kappa shape index (κ3) is 5.36. The molecule has 5 rings (SSSR count). The topological polar surface area (TPSA) is 78.5 Å². The van der Waals surface area contributed by atoms with E-state index in [1.807, 2.05) is 0 Å². The molecule has 2 saturated carbocycles. The molecule has 34 heavy (non-hydrogen) atoms. The minimum absolute atomic E-state index is 0.212. The van der Waals surface area contributed by atoms with Crippen LogP contribution < -0.4 is 10.6 Å². The van der Waals surface area contributed by atoms with Crippen molar-refractivity contribution in [2.24, 2.45) is 11.8 Å². The first-order valence-corrected chi connectivity index (χ1v) is 14.9. The predicted octanol–water partition coefficient (Wildman–Crippen LogP) is 4.65. The number of nitrogens with one attached hydrogen (secondary N) is 2. The largest absolute Gasteiger partial charge is 0.347 e. The summed E-state index contributed by atoms with van der Waals surface area (Å²) in [7, 11) is -3.52. The van der Waals surface area contributed by atoms with Crippen LogP contribution in [-0.2, 0) is 16.6 Å². The Bertz CT molecular complexity index is 1120. The summed E-state index contributed by atoms with van der Waals surface area (Å²) in [6.07, 6.45) is 8.22. The number of hydrogen-bond donors (Lipinski definition) is 2. The smallest absolute Gasteiger partial charge is 0.252 e. The van der Waals surface area contributed by atoms with Crippen molar-refractivity contribution < 1.29 is 13.2 Å². The maximum atomic E-state index is 13.3. The van der Waals surface area contributed by atoms with Gasteiger partial charge >= 0.3 is 0 Å². The second-order valence-electron chi connectivity index (χ2n) is 9.89. The van der Waals surface area contributed by atoms with Crippen molar-refractivity contribution in [3.8, 4) is 0 Å². The molecule has 184 valence electrons. The first-order valence-electron chi connectivity index (χ1n) is 12.3. The van der Waals surface area contributed by atoms with E-state index >= 15 is 0 Å². The number of hydrogen-bond acceptors (Lipinski definition) is 5. The Morgan fingerprint density at radius 3 is 2.59 bits per heavy atom. The molecule has 1 aromatic carbocycles. The third-order valence-corrected chi connectivity index (χ3v) is 11.3. The van der Waals surface area contributed by atoms with E-state index in [1.165, 1.54) is 37.0 Å². The number of fused-ring (bicyclic) bond motifs is 2. The highest BCUT2D eigenvalue weighted by Crippen LogP contribution is 2.44. The molecule has 2 bridgehead atoms. The van der Waals surface area contributed by atoms with Gasteiger partial charge in [0.15, 0.2) is 0 Å². The molecule has 4 atom stereocenters. The first-order chi connectivity index (χ1) is 16.4. The second kappa shape index (κ2) is 10.3. The number of thiophene rings is 1. The summed E-state index contributed by atoms with van der Waals surface area (Å²) in [5.74, 6) is 1.53. The minimum atomic E-state index is -3.52. The molecule has 0 spiro atoms. The average molecular weight is 522 g/mol. The molecule has 2 heterocycles. The van der Waals surface area contributed by atoms with E-state index in [0.717, 1.165) is 36.0 Å². The van der Waals surface area contributed by atoms with Crippen LogP contribution in [-0.4, -0.2) is 43.8 Å². The van der Waals surface area contributed by atoms with Crippen LogP contribution in [0.4, 0.5) is 0 Å². The minimum Gasteiger partial charge on any atom is -0.347 e. The molecule has 3 fully saturated rings. The molecule has 2 aromatic rings. The molecule has 1 aromatic heterocycles. The molecular weight excluding hydrogens is 490 g/mol. The van der Waals surface area contributed by atoms with Gasteiger partial charge in [-0.15, -0.1) is 11.3 Å². The Morgan fingerprint density at radius 2 is 1.85 bits per heavy atom. The zero-order valence-corrected chi connectivity index (χ0v) is 21.6. The summed E-state index contributed by atoms with van der Waals surface area (Å²) >= 11 is 7.11. The molecule has 6 nitrogen and oxygen atoms in total. The number of amides is 1. The van der Waals surface area contributed by atoms with E-state index in [2.05, 4.69) is 10.6 Å². The van der Waals surface area contributed by atoms with E-state index in [0.29, 0.717) is 40.0 Å². The lowest BCUT2D eigenvalue weighted by molar-refractivity contribution is 0.0951.